The number of rotatable bonds is 13. The lowest BCUT2D eigenvalue weighted by Gasteiger charge is -2.58. The van der Waals surface area contributed by atoms with E-state index >= 15 is 0 Å². The van der Waals surface area contributed by atoms with E-state index in [1.807, 2.05) is 30.3 Å². The summed E-state index contributed by atoms with van der Waals surface area (Å²) in [6.45, 7) is 11.9. The van der Waals surface area contributed by atoms with Gasteiger partial charge in [-0.05, 0) is 69.5 Å². The van der Waals surface area contributed by atoms with Gasteiger partial charge in [-0.15, -0.1) is 0 Å². The summed E-state index contributed by atoms with van der Waals surface area (Å²) in [6.07, 6.45) is 8.51. The second-order valence-corrected chi connectivity index (χ2v) is 17.5. The normalized spacial score (nSPS) is 26.2. The van der Waals surface area contributed by atoms with Crippen molar-refractivity contribution in [3.05, 3.63) is 82.3 Å². The molecule has 7 unspecified atom stereocenters. The minimum absolute atomic E-state index is 0.0838. The number of carbonyl (C=O) groups excluding carboxylic acids is 1. The van der Waals surface area contributed by atoms with Crippen LogP contribution < -0.4 is 14.4 Å². The largest absolute Gasteiger partial charge is 0.726 e. The topological polar surface area (TPSA) is 191 Å². The Morgan fingerprint density at radius 1 is 0.847 bits per heavy atom. The molecule has 330 valence electrons. The fourth-order valence-corrected chi connectivity index (χ4v) is 10.5. The first kappa shape index (κ1) is 48.1. The molecular weight excluding hydrogens is 805 g/mol. The molecule has 0 radical (unpaired) electrons. The van der Waals surface area contributed by atoms with Gasteiger partial charge < -0.3 is 32.5 Å². The number of benzene rings is 2. The summed E-state index contributed by atoms with van der Waals surface area (Å²) in [5.41, 5.74) is 4.85. The van der Waals surface area contributed by atoms with Gasteiger partial charge >= 0.3 is 5.91 Å². The van der Waals surface area contributed by atoms with Crippen molar-refractivity contribution in [3.63, 3.8) is 0 Å². The molecule has 3 aliphatic heterocycles. The van der Waals surface area contributed by atoms with Crippen LogP contribution in [0.15, 0.2) is 65.6 Å². The third-order valence-electron chi connectivity index (χ3n) is 12.2. The molecule has 0 bridgehead atoms. The molecule has 6 rings (SSSR count). The van der Waals surface area contributed by atoms with Crippen molar-refractivity contribution in [2.45, 2.75) is 78.3 Å². The van der Waals surface area contributed by atoms with Crippen molar-refractivity contribution in [1.82, 2.24) is 0 Å². The lowest BCUT2D eigenvalue weighted by Crippen LogP contribution is -3.15. The number of carbonyl (C=O) groups is 1. The third kappa shape index (κ3) is 12.3. The summed E-state index contributed by atoms with van der Waals surface area (Å²) >= 11 is 0. The maximum atomic E-state index is 14.0. The molecule has 17 heteroatoms. The van der Waals surface area contributed by atoms with Crippen molar-refractivity contribution >= 4 is 26.7 Å². The van der Waals surface area contributed by atoms with Crippen LogP contribution in [-0.2, 0) is 45.1 Å². The Labute approximate surface area is 350 Å². The van der Waals surface area contributed by atoms with Gasteiger partial charge in [-0.1, -0.05) is 30.7 Å². The predicted molar refractivity (Wildman–Crippen MR) is 218 cm³/mol. The molecule has 1 N–H and O–H groups in total. The van der Waals surface area contributed by atoms with Crippen molar-refractivity contribution in [3.8, 4) is 11.5 Å². The number of ether oxygens (including phenoxy) is 4. The summed E-state index contributed by atoms with van der Waals surface area (Å²) in [4.78, 5) is 15.0. The number of nitrogens with one attached hydrogen (secondary N) is 1. The Morgan fingerprint density at radius 2 is 1.47 bits per heavy atom. The highest BCUT2D eigenvalue weighted by Crippen LogP contribution is 2.49. The maximum Gasteiger partial charge on any atom is 0.344 e. The molecule has 0 aromatic heterocycles. The molecule has 1 aliphatic carbocycles. The van der Waals surface area contributed by atoms with Gasteiger partial charge in [0.1, 0.15) is 11.8 Å². The van der Waals surface area contributed by atoms with E-state index in [1.165, 1.54) is 49.0 Å². The summed E-state index contributed by atoms with van der Waals surface area (Å²) in [5, 5.41) is 0. The van der Waals surface area contributed by atoms with Crippen LogP contribution >= 0.6 is 0 Å². The molecule has 7 atom stereocenters. The highest BCUT2D eigenvalue weighted by Gasteiger charge is 2.54. The van der Waals surface area contributed by atoms with Gasteiger partial charge in [0.15, 0.2) is 17.3 Å². The molecule has 0 spiro atoms. The Kier molecular flexibility index (Phi) is 17.4. The zero-order chi connectivity index (χ0) is 43.5. The van der Waals surface area contributed by atoms with E-state index in [0.717, 1.165) is 78.7 Å². The van der Waals surface area contributed by atoms with Gasteiger partial charge in [0.2, 0.25) is 20.8 Å². The number of quaternary nitrogens is 2. The fraction of sp³-hybridized carbons (Fsp3) is 0.595. The first-order valence-corrected chi connectivity index (χ1v) is 22.9. The van der Waals surface area contributed by atoms with E-state index < -0.39 is 20.8 Å². The second kappa shape index (κ2) is 21.3. The van der Waals surface area contributed by atoms with Crippen molar-refractivity contribution < 1.29 is 67.4 Å². The number of nitrogens with zero attached hydrogens (tertiary/aromatic N) is 1. The summed E-state index contributed by atoms with van der Waals surface area (Å²) in [7, 11) is -1.93. The molecule has 2 fully saturated rings. The predicted octanol–water partition coefficient (Wildman–Crippen LogP) is 4.49. The number of methoxy groups -OCH3 is 4. The Balaban J connectivity index is 0.000000471. The van der Waals surface area contributed by atoms with Crippen LogP contribution in [0.2, 0.25) is 0 Å². The van der Waals surface area contributed by atoms with Gasteiger partial charge in [-0.2, -0.15) is 0 Å². The molecule has 2 aromatic rings. The molecule has 0 saturated carbocycles. The molecular formula is C42H62N2O13S2. The molecule has 59 heavy (non-hydrogen) atoms. The van der Waals surface area contributed by atoms with Crippen LogP contribution in [0.1, 0.15) is 87.3 Å². The van der Waals surface area contributed by atoms with Gasteiger partial charge in [0, 0.05) is 49.0 Å². The average molecular weight is 867 g/mol. The van der Waals surface area contributed by atoms with Crippen molar-refractivity contribution in [2.24, 2.45) is 17.8 Å². The van der Waals surface area contributed by atoms with Crippen LogP contribution in [-0.4, -0.2) is 110 Å². The van der Waals surface area contributed by atoms with Crippen LogP contribution in [0.25, 0.3) is 0 Å². The van der Waals surface area contributed by atoms with E-state index in [9.17, 15) is 30.7 Å². The van der Waals surface area contributed by atoms with Crippen molar-refractivity contribution in [1.29, 1.82) is 0 Å². The minimum atomic E-state index is -4.42. The van der Waals surface area contributed by atoms with Crippen LogP contribution in [0.4, 0.5) is 0 Å². The van der Waals surface area contributed by atoms with Crippen LogP contribution in [0.3, 0.4) is 0 Å². The zero-order valence-corrected chi connectivity index (χ0v) is 37.2. The Hall–Kier alpha value is -3.55. The van der Waals surface area contributed by atoms with Gasteiger partial charge in [0.05, 0.1) is 79.4 Å². The summed E-state index contributed by atoms with van der Waals surface area (Å²) < 4.78 is 88.2. The molecule has 3 heterocycles. The fourth-order valence-electron chi connectivity index (χ4n) is 9.91. The highest BCUT2D eigenvalue weighted by molar-refractivity contribution is 7.81. The number of allylic oxidation sites excluding steroid dienone is 2. The maximum absolute atomic E-state index is 14.0. The minimum Gasteiger partial charge on any atom is -0.726 e. The third-order valence-corrected chi connectivity index (χ3v) is 13.2. The van der Waals surface area contributed by atoms with Gasteiger partial charge in [0.25, 0.3) is 0 Å². The molecule has 2 aromatic carbocycles. The first-order valence-electron chi connectivity index (χ1n) is 20.3. The van der Waals surface area contributed by atoms with E-state index in [4.69, 9.17) is 18.9 Å². The second-order valence-electron chi connectivity index (χ2n) is 15.4. The SMILES string of the molecule is CCOS(=O)(=O)[O-].CCOS(=O)(=O)[O-].CC[N+]12CCC3=CC(OC)=C(OC)CC3C1C(C)CC(CCC1c3cc(OC)c(OC)cc3CC[NH+]1C(=O)c1ccccc1)C2. The molecule has 1 amide bonds. The smallest absolute Gasteiger partial charge is 0.344 e. The number of hydrogen-bond acceptors (Lipinski definition) is 13. The molecule has 15 nitrogen and oxygen atoms in total. The van der Waals surface area contributed by atoms with E-state index in [0.29, 0.717) is 23.8 Å². The monoisotopic (exact) mass is 866 g/mol. The number of fused-ring (bicyclic) bond motifs is 4. The summed E-state index contributed by atoms with van der Waals surface area (Å²) in [6, 6.07) is 14.8. The van der Waals surface area contributed by atoms with Gasteiger partial charge in [-0.25, -0.2) is 21.6 Å². The zero-order valence-electron chi connectivity index (χ0n) is 35.6. The highest BCUT2D eigenvalue weighted by atomic mass is 32.3. The lowest BCUT2D eigenvalue weighted by atomic mass is 9.67. The standard InChI is InChI=1S/C38H51N2O5.2C2H6O4S/c1-7-40-18-16-29-21-34(43-4)36(45-6)23-31(29)37(40)25(2)19-26(24-40)13-14-32-30-22-35(44-5)33(42-3)20-28(30)15-17-39(32)38(41)27-11-9-8-10-12-27;2*1-2-6-7(3,4)5/h8-12,20-22,25-26,31-32,37H,7,13-19,23-24H2,1-6H3;2*2H2,1H3,(H,3,4,5)/q+1;;/p-1. The number of piperidine rings is 2. The first-order chi connectivity index (χ1) is 28.0. The quantitative estimate of drug-likeness (QED) is 0.169. The van der Waals surface area contributed by atoms with Crippen LogP contribution in [0.5, 0.6) is 11.5 Å². The summed E-state index contributed by atoms with van der Waals surface area (Å²) in [5.74, 6) is 5.34. The van der Waals surface area contributed by atoms with Gasteiger partial charge in [-0.3, -0.25) is 13.3 Å². The molecule has 4 aliphatic rings. The van der Waals surface area contributed by atoms with E-state index in [2.05, 4.69) is 40.4 Å². The number of hydrogen-bond donors (Lipinski definition) is 1. The average Bonchev–Trinajstić information content (AvgIpc) is 3.21. The lowest BCUT2D eigenvalue weighted by molar-refractivity contribution is -0.968. The molecule has 2 saturated heterocycles. The Bertz CT molecular complexity index is 1970. The number of amides is 1. The van der Waals surface area contributed by atoms with E-state index in [1.54, 1.807) is 34.0 Å². The van der Waals surface area contributed by atoms with Crippen LogP contribution in [0, 0.1) is 17.8 Å². The Morgan fingerprint density at radius 3 is 2.00 bits per heavy atom. The van der Waals surface area contributed by atoms with Crippen molar-refractivity contribution in [2.75, 3.05) is 67.8 Å². The van der Waals surface area contributed by atoms with E-state index in [-0.39, 0.29) is 25.2 Å².